The molecule has 6 rings (SSSR count). The number of halogens is 2. The van der Waals surface area contributed by atoms with Crippen molar-refractivity contribution in [3.05, 3.63) is 78.5 Å². The first-order valence-corrected chi connectivity index (χ1v) is 17.7. The summed E-state index contributed by atoms with van der Waals surface area (Å²) in [4.78, 5) is 29.0. The molecule has 1 amide bonds. The van der Waals surface area contributed by atoms with Gasteiger partial charge in [-0.2, -0.15) is 0 Å². The third-order valence-corrected chi connectivity index (χ3v) is 8.52. The maximum Gasteiger partial charge on any atom is 0.237 e. The predicted molar refractivity (Wildman–Crippen MR) is 197 cm³/mol. The predicted octanol–water partition coefficient (Wildman–Crippen LogP) is 6.25. The SMILES string of the molecule is CNc1ccc(Oc2ccnc3cc(OCCCN4CCOCC4)c(OC)cc23)c(F)c1.O=CC1(C(=O)Nc2ccc(F)cc2)CC1.OCCSO. The van der Waals surface area contributed by atoms with Crippen molar-refractivity contribution in [2.45, 2.75) is 19.3 Å². The number of methoxy groups -OCH3 is 1. The summed E-state index contributed by atoms with van der Waals surface area (Å²) in [6, 6.07) is 15.5. The van der Waals surface area contributed by atoms with Crippen molar-refractivity contribution >= 4 is 46.5 Å². The van der Waals surface area contributed by atoms with Crippen LogP contribution in [0.5, 0.6) is 23.0 Å². The number of hydrogen-bond acceptors (Lipinski definition) is 12. The van der Waals surface area contributed by atoms with E-state index in [9.17, 15) is 18.4 Å². The minimum Gasteiger partial charge on any atom is -0.493 e. The fraction of sp³-hybridized carbons (Fsp3) is 0.378. The second-order valence-corrected chi connectivity index (χ2v) is 12.4. The molecule has 0 spiro atoms. The Kier molecular flexibility index (Phi) is 15.9. The molecule has 280 valence electrons. The maximum absolute atomic E-state index is 14.4. The van der Waals surface area contributed by atoms with Gasteiger partial charge in [-0.3, -0.25) is 14.7 Å². The van der Waals surface area contributed by atoms with Gasteiger partial charge < -0.3 is 44.0 Å². The van der Waals surface area contributed by atoms with Crippen LogP contribution in [-0.4, -0.2) is 97.7 Å². The number of carbonyl (C=O) groups is 2. The highest BCUT2D eigenvalue weighted by atomic mass is 32.2. The number of aliphatic hydroxyl groups is 1. The van der Waals surface area contributed by atoms with E-state index in [-0.39, 0.29) is 24.1 Å². The number of rotatable bonds is 14. The molecule has 52 heavy (non-hydrogen) atoms. The van der Waals surface area contributed by atoms with Crippen LogP contribution in [0, 0.1) is 17.0 Å². The lowest BCUT2D eigenvalue weighted by atomic mass is 10.1. The highest BCUT2D eigenvalue weighted by Crippen LogP contribution is 2.44. The average Bonchev–Trinajstić information content (AvgIpc) is 3.98. The molecule has 1 saturated carbocycles. The van der Waals surface area contributed by atoms with Gasteiger partial charge in [-0.15, -0.1) is 0 Å². The smallest absolute Gasteiger partial charge is 0.237 e. The van der Waals surface area contributed by atoms with Gasteiger partial charge in [0.2, 0.25) is 5.91 Å². The number of hydrogen-bond donors (Lipinski definition) is 4. The highest BCUT2D eigenvalue weighted by Gasteiger charge is 2.50. The molecule has 2 aliphatic rings. The van der Waals surface area contributed by atoms with Crippen molar-refractivity contribution in [3.63, 3.8) is 0 Å². The van der Waals surface area contributed by atoms with Crippen LogP contribution >= 0.6 is 12.0 Å². The minimum absolute atomic E-state index is 0.0567. The van der Waals surface area contributed by atoms with Crippen molar-refractivity contribution in [3.8, 4) is 23.0 Å². The molecule has 3 aromatic carbocycles. The number of morpholine rings is 1. The van der Waals surface area contributed by atoms with E-state index in [1.807, 2.05) is 12.1 Å². The van der Waals surface area contributed by atoms with Crippen LogP contribution in [-0.2, 0) is 14.3 Å². The molecular formula is C37H44F2N4O8S. The second kappa shape index (κ2) is 20.5. The summed E-state index contributed by atoms with van der Waals surface area (Å²) in [6.07, 6.45) is 4.42. The van der Waals surface area contributed by atoms with Crippen LogP contribution < -0.4 is 24.8 Å². The standard InChI is InChI=1S/C24H28FN3O4.C11H10FNO2.C2H6O2S/c1-26-17-4-5-22(19(25)14-17)32-21-6-7-27-20-16-24(23(29-2)15-18(20)21)31-11-3-8-28-9-12-30-13-10-28;12-8-1-3-9(4-2-8)13-10(15)11(7-14)5-6-11;3-1-2-5-4/h4-7,14-16,26H,3,8-13H2,1-2H3;1-4,7H,5-6H2,(H,13,15);3-4H,1-2H2. The Bertz CT molecular complexity index is 1740. The Labute approximate surface area is 305 Å². The fourth-order valence-electron chi connectivity index (χ4n) is 5.01. The van der Waals surface area contributed by atoms with Crippen LogP contribution in [0.4, 0.5) is 20.2 Å². The lowest BCUT2D eigenvalue weighted by Gasteiger charge is -2.26. The minimum atomic E-state index is -0.825. The van der Waals surface area contributed by atoms with Gasteiger partial charge in [0.05, 0.1) is 39.1 Å². The third-order valence-electron chi connectivity index (χ3n) is 8.16. The number of nitrogens with one attached hydrogen (secondary N) is 2. The van der Waals surface area contributed by atoms with Gasteiger partial charge in [0.15, 0.2) is 23.1 Å². The van der Waals surface area contributed by atoms with Crippen molar-refractivity contribution in [2.24, 2.45) is 5.41 Å². The van der Waals surface area contributed by atoms with Gasteiger partial charge in [0, 0.05) is 67.5 Å². The zero-order valence-corrected chi connectivity index (χ0v) is 29.9. The number of carbonyl (C=O) groups excluding carboxylic acids is 2. The Morgan fingerprint density at radius 2 is 1.75 bits per heavy atom. The molecule has 12 nitrogen and oxygen atoms in total. The van der Waals surface area contributed by atoms with Crippen LogP contribution in [0.25, 0.3) is 10.9 Å². The van der Waals surface area contributed by atoms with E-state index in [4.69, 9.17) is 28.6 Å². The number of ether oxygens (including phenoxy) is 4. The van der Waals surface area contributed by atoms with E-state index in [0.717, 1.165) is 39.3 Å². The number of nitrogens with zero attached hydrogens (tertiary/aromatic N) is 2. The molecule has 1 saturated heterocycles. The Hall–Kier alpha value is -4.54. The van der Waals surface area contributed by atoms with E-state index in [1.165, 1.54) is 30.3 Å². The zero-order valence-electron chi connectivity index (χ0n) is 29.1. The van der Waals surface area contributed by atoms with E-state index in [1.54, 1.807) is 38.6 Å². The lowest BCUT2D eigenvalue weighted by molar-refractivity contribution is -0.126. The molecule has 0 radical (unpaired) electrons. The van der Waals surface area contributed by atoms with Crippen LogP contribution in [0.2, 0.25) is 0 Å². The number of benzene rings is 3. The third kappa shape index (κ3) is 11.7. The quantitative estimate of drug-likeness (QED) is 0.0501. The van der Waals surface area contributed by atoms with Gasteiger partial charge in [0.1, 0.15) is 23.3 Å². The Morgan fingerprint density at radius 1 is 1.02 bits per heavy atom. The van der Waals surface area contributed by atoms with E-state index in [2.05, 4.69) is 20.5 Å². The van der Waals surface area contributed by atoms with Crippen molar-refractivity contribution in [1.29, 1.82) is 0 Å². The zero-order chi connectivity index (χ0) is 37.3. The summed E-state index contributed by atoms with van der Waals surface area (Å²) >= 11 is 0.652. The van der Waals surface area contributed by atoms with Crippen LogP contribution in [0.3, 0.4) is 0 Å². The summed E-state index contributed by atoms with van der Waals surface area (Å²) in [5.74, 6) is 1.13. The molecule has 2 fully saturated rings. The first-order chi connectivity index (χ1) is 25.2. The molecule has 0 bridgehead atoms. The molecule has 2 heterocycles. The molecule has 1 aliphatic heterocycles. The molecule has 1 aliphatic carbocycles. The number of aromatic nitrogens is 1. The molecule has 0 unspecified atom stereocenters. The molecule has 4 aromatic rings. The molecular weight excluding hydrogens is 698 g/mol. The lowest BCUT2D eigenvalue weighted by Crippen LogP contribution is -2.37. The number of amides is 1. The van der Waals surface area contributed by atoms with Gasteiger partial charge in [-0.1, -0.05) is 0 Å². The number of anilines is 2. The normalized spacial score (nSPS) is 14.5. The Balaban J connectivity index is 0.000000249. The van der Waals surface area contributed by atoms with Gasteiger partial charge in [-0.25, -0.2) is 8.78 Å². The summed E-state index contributed by atoms with van der Waals surface area (Å²) in [6.45, 7) is 5.10. The first kappa shape index (κ1) is 40.2. The molecule has 4 N–H and O–H groups in total. The summed E-state index contributed by atoms with van der Waals surface area (Å²) in [5, 5.41) is 14.1. The average molecular weight is 743 g/mol. The molecule has 1 aromatic heterocycles. The fourth-order valence-corrected chi connectivity index (χ4v) is 5.09. The highest BCUT2D eigenvalue weighted by molar-refractivity contribution is 7.93. The number of aliphatic hydroxyl groups excluding tert-OH is 1. The number of pyridine rings is 1. The number of fused-ring (bicyclic) bond motifs is 1. The topological polar surface area (TPSA) is 152 Å². The number of aldehydes is 1. The maximum atomic E-state index is 14.4. The van der Waals surface area contributed by atoms with E-state index in [0.29, 0.717) is 83.1 Å². The van der Waals surface area contributed by atoms with E-state index < -0.39 is 11.2 Å². The van der Waals surface area contributed by atoms with Crippen LogP contribution in [0.1, 0.15) is 19.3 Å². The van der Waals surface area contributed by atoms with Gasteiger partial charge in [0.25, 0.3) is 0 Å². The molecule has 0 atom stereocenters. The molecule has 15 heteroatoms. The summed E-state index contributed by atoms with van der Waals surface area (Å²) in [7, 11) is 3.33. The van der Waals surface area contributed by atoms with Crippen molar-refractivity contribution < 1.29 is 47.0 Å². The summed E-state index contributed by atoms with van der Waals surface area (Å²) in [5.41, 5.74) is 1.04. The largest absolute Gasteiger partial charge is 0.493 e. The Morgan fingerprint density at radius 3 is 2.35 bits per heavy atom. The second-order valence-electron chi connectivity index (χ2n) is 11.8. The van der Waals surface area contributed by atoms with Gasteiger partial charge >= 0.3 is 0 Å². The van der Waals surface area contributed by atoms with Crippen LogP contribution in [0.15, 0.2) is 66.9 Å². The van der Waals surface area contributed by atoms with E-state index >= 15 is 0 Å². The van der Waals surface area contributed by atoms with Crippen molar-refractivity contribution in [1.82, 2.24) is 9.88 Å². The summed E-state index contributed by atoms with van der Waals surface area (Å²) < 4.78 is 57.6. The van der Waals surface area contributed by atoms with Gasteiger partial charge in [-0.05, 0) is 79.8 Å². The monoisotopic (exact) mass is 742 g/mol. The van der Waals surface area contributed by atoms with Crippen molar-refractivity contribution in [2.75, 3.05) is 76.6 Å². The first-order valence-electron chi connectivity index (χ1n) is 16.7.